The molecule has 122 valence electrons. The average molecular weight is 302 g/mol. The van der Waals surface area contributed by atoms with E-state index in [0.29, 0.717) is 5.92 Å². The molecule has 0 heterocycles. The lowest BCUT2D eigenvalue weighted by atomic mass is 10.0. The minimum absolute atomic E-state index is 0.574. The SMILES string of the molecule is CC.COc1cccc(C(C)C)c1.COc1cccc(C)c1. The van der Waals surface area contributed by atoms with E-state index in [1.54, 1.807) is 14.2 Å². The fraction of sp³-hybridized carbons (Fsp3) is 0.400. The molecule has 0 aliphatic carbocycles. The zero-order valence-corrected chi connectivity index (χ0v) is 15.0. The smallest absolute Gasteiger partial charge is 0.119 e. The van der Waals surface area contributed by atoms with E-state index in [2.05, 4.69) is 26.0 Å². The number of benzene rings is 2. The van der Waals surface area contributed by atoms with Gasteiger partial charge >= 0.3 is 0 Å². The van der Waals surface area contributed by atoms with Crippen LogP contribution in [0.2, 0.25) is 0 Å². The third-order valence-electron chi connectivity index (χ3n) is 2.99. The first-order valence-corrected chi connectivity index (χ1v) is 7.81. The van der Waals surface area contributed by atoms with Gasteiger partial charge in [0.25, 0.3) is 0 Å². The van der Waals surface area contributed by atoms with Crippen LogP contribution in [-0.2, 0) is 0 Å². The Labute approximate surface area is 136 Å². The maximum absolute atomic E-state index is 5.11. The summed E-state index contributed by atoms with van der Waals surface area (Å²) in [4.78, 5) is 0. The number of hydrogen-bond acceptors (Lipinski definition) is 2. The fourth-order valence-electron chi connectivity index (χ4n) is 1.74. The topological polar surface area (TPSA) is 18.5 Å². The Balaban J connectivity index is 0.000000366. The van der Waals surface area contributed by atoms with Gasteiger partial charge < -0.3 is 9.47 Å². The van der Waals surface area contributed by atoms with Gasteiger partial charge in [-0.25, -0.2) is 0 Å². The van der Waals surface area contributed by atoms with Crippen molar-refractivity contribution in [2.24, 2.45) is 0 Å². The van der Waals surface area contributed by atoms with Gasteiger partial charge in [-0.3, -0.25) is 0 Å². The molecule has 0 saturated heterocycles. The molecule has 2 aromatic carbocycles. The van der Waals surface area contributed by atoms with Crippen LogP contribution in [-0.4, -0.2) is 14.2 Å². The molecule has 0 amide bonds. The fourth-order valence-corrected chi connectivity index (χ4v) is 1.74. The summed E-state index contributed by atoms with van der Waals surface area (Å²) in [5.41, 5.74) is 2.55. The molecular formula is C20H30O2. The number of hydrogen-bond donors (Lipinski definition) is 0. The van der Waals surface area contributed by atoms with Crippen molar-refractivity contribution >= 4 is 0 Å². The van der Waals surface area contributed by atoms with E-state index < -0.39 is 0 Å². The highest BCUT2D eigenvalue weighted by molar-refractivity contribution is 5.30. The third kappa shape index (κ3) is 7.72. The van der Waals surface area contributed by atoms with Gasteiger partial charge in [-0.05, 0) is 48.2 Å². The van der Waals surface area contributed by atoms with Crippen LogP contribution in [0.4, 0.5) is 0 Å². The van der Waals surface area contributed by atoms with Crippen LogP contribution < -0.4 is 9.47 Å². The largest absolute Gasteiger partial charge is 0.497 e. The summed E-state index contributed by atoms with van der Waals surface area (Å²) in [6.45, 7) is 10.4. The molecule has 0 aliphatic heterocycles. The highest BCUT2D eigenvalue weighted by Crippen LogP contribution is 2.19. The molecule has 2 rings (SSSR count). The maximum Gasteiger partial charge on any atom is 0.119 e. The molecule has 0 aliphatic rings. The first-order chi connectivity index (χ1) is 10.6. The molecule has 0 bridgehead atoms. The first kappa shape index (κ1) is 20.0. The Morgan fingerprint density at radius 2 is 1.27 bits per heavy atom. The highest BCUT2D eigenvalue weighted by Gasteiger charge is 1.98. The van der Waals surface area contributed by atoms with Crippen LogP contribution in [0.1, 0.15) is 44.7 Å². The Hall–Kier alpha value is -1.96. The summed E-state index contributed by atoms with van der Waals surface area (Å²) in [7, 11) is 3.37. The van der Waals surface area contributed by atoms with Crippen LogP contribution in [0.15, 0.2) is 48.5 Å². The van der Waals surface area contributed by atoms with Crippen LogP contribution in [0, 0.1) is 6.92 Å². The Kier molecular flexibility index (Phi) is 10.6. The van der Waals surface area contributed by atoms with Crippen molar-refractivity contribution in [3.05, 3.63) is 59.7 Å². The van der Waals surface area contributed by atoms with Gasteiger partial charge in [0.15, 0.2) is 0 Å². The lowest BCUT2D eigenvalue weighted by Crippen LogP contribution is -1.88. The summed E-state index contributed by atoms with van der Waals surface area (Å²) >= 11 is 0. The van der Waals surface area contributed by atoms with Gasteiger partial charge in [0.1, 0.15) is 11.5 Å². The Bertz CT molecular complexity index is 519. The van der Waals surface area contributed by atoms with Crippen LogP contribution in [0.3, 0.4) is 0 Å². The van der Waals surface area contributed by atoms with E-state index in [0.717, 1.165) is 11.5 Å². The summed E-state index contributed by atoms with van der Waals surface area (Å²) in [6.07, 6.45) is 0. The molecule has 0 aromatic heterocycles. The van der Waals surface area contributed by atoms with Crippen molar-refractivity contribution in [3.8, 4) is 11.5 Å². The summed E-state index contributed by atoms with van der Waals surface area (Å²) in [5, 5.41) is 0. The zero-order valence-electron chi connectivity index (χ0n) is 15.0. The Morgan fingerprint density at radius 3 is 1.68 bits per heavy atom. The predicted octanol–water partition coefficient (Wildman–Crippen LogP) is 5.85. The van der Waals surface area contributed by atoms with Crippen molar-refractivity contribution in [2.75, 3.05) is 14.2 Å². The van der Waals surface area contributed by atoms with E-state index in [1.165, 1.54) is 11.1 Å². The molecule has 2 aromatic rings. The maximum atomic E-state index is 5.11. The monoisotopic (exact) mass is 302 g/mol. The first-order valence-electron chi connectivity index (χ1n) is 7.81. The lowest BCUT2D eigenvalue weighted by molar-refractivity contribution is 0.414. The summed E-state index contributed by atoms with van der Waals surface area (Å²) in [5.74, 6) is 2.44. The normalized spacial score (nSPS) is 9.09. The molecule has 0 fully saturated rings. The van der Waals surface area contributed by atoms with Crippen molar-refractivity contribution in [1.29, 1.82) is 0 Å². The minimum Gasteiger partial charge on any atom is -0.497 e. The molecule has 2 heteroatoms. The standard InChI is InChI=1S/C10H14O.C8H10O.C2H6/c1-8(2)9-5-4-6-10(7-9)11-3;1-7-4-3-5-8(6-7)9-2;1-2/h4-8H,1-3H3;3-6H,1-2H3;1-2H3. The van der Waals surface area contributed by atoms with Crippen molar-refractivity contribution in [1.82, 2.24) is 0 Å². The van der Waals surface area contributed by atoms with E-state index in [-0.39, 0.29) is 0 Å². The van der Waals surface area contributed by atoms with Gasteiger partial charge in [0.05, 0.1) is 14.2 Å². The molecule has 0 N–H and O–H groups in total. The number of rotatable bonds is 3. The van der Waals surface area contributed by atoms with Crippen LogP contribution >= 0.6 is 0 Å². The van der Waals surface area contributed by atoms with E-state index in [4.69, 9.17) is 9.47 Å². The molecule has 0 unspecified atom stereocenters. The second-order valence-corrected chi connectivity index (χ2v) is 4.95. The van der Waals surface area contributed by atoms with Crippen molar-refractivity contribution in [3.63, 3.8) is 0 Å². The van der Waals surface area contributed by atoms with Gasteiger partial charge in [-0.2, -0.15) is 0 Å². The number of aryl methyl sites for hydroxylation is 1. The molecule has 0 radical (unpaired) electrons. The summed E-state index contributed by atoms with van der Waals surface area (Å²) < 4.78 is 10.1. The van der Waals surface area contributed by atoms with E-state index in [9.17, 15) is 0 Å². The van der Waals surface area contributed by atoms with E-state index in [1.807, 2.05) is 57.2 Å². The average Bonchev–Trinajstić information content (AvgIpc) is 2.57. The lowest BCUT2D eigenvalue weighted by Gasteiger charge is -2.06. The van der Waals surface area contributed by atoms with Crippen molar-refractivity contribution < 1.29 is 9.47 Å². The van der Waals surface area contributed by atoms with Gasteiger partial charge in [-0.1, -0.05) is 52.0 Å². The zero-order chi connectivity index (χ0) is 17.0. The summed E-state index contributed by atoms with van der Waals surface area (Å²) in [6, 6.07) is 16.1. The van der Waals surface area contributed by atoms with Crippen LogP contribution in [0.5, 0.6) is 11.5 Å². The van der Waals surface area contributed by atoms with Gasteiger partial charge in [-0.15, -0.1) is 0 Å². The molecule has 22 heavy (non-hydrogen) atoms. The molecule has 0 spiro atoms. The number of ether oxygens (including phenoxy) is 2. The van der Waals surface area contributed by atoms with Crippen molar-refractivity contribution in [2.45, 2.75) is 40.5 Å². The third-order valence-corrected chi connectivity index (χ3v) is 2.99. The molecule has 2 nitrogen and oxygen atoms in total. The quantitative estimate of drug-likeness (QED) is 0.708. The van der Waals surface area contributed by atoms with E-state index >= 15 is 0 Å². The molecule has 0 saturated carbocycles. The second kappa shape index (κ2) is 11.7. The van der Waals surface area contributed by atoms with Gasteiger partial charge in [0.2, 0.25) is 0 Å². The predicted molar refractivity (Wildman–Crippen MR) is 96.2 cm³/mol. The molecular weight excluding hydrogens is 272 g/mol. The highest BCUT2D eigenvalue weighted by atomic mass is 16.5. The number of methoxy groups -OCH3 is 2. The van der Waals surface area contributed by atoms with Crippen LogP contribution in [0.25, 0.3) is 0 Å². The second-order valence-electron chi connectivity index (χ2n) is 4.95. The molecule has 0 atom stereocenters. The minimum atomic E-state index is 0.574. The van der Waals surface area contributed by atoms with Gasteiger partial charge in [0, 0.05) is 0 Å². The Morgan fingerprint density at radius 1 is 0.773 bits per heavy atom.